The van der Waals surface area contributed by atoms with Crippen LogP contribution in [0.1, 0.15) is 19.8 Å². The van der Waals surface area contributed by atoms with Crippen molar-refractivity contribution in [2.45, 2.75) is 19.8 Å². The summed E-state index contributed by atoms with van der Waals surface area (Å²) in [5.74, 6) is 1.33. The molecule has 2 rings (SSSR count). The molecule has 5 heteroatoms. The van der Waals surface area contributed by atoms with Crippen molar-refractivity contribution in [2.75, 3.05) is 32.1 Å². The van der Waals surface area contributed by atoms with Crippen molar-refractivity contribution in [1.29, 1.82) is 0 Å². The standard InChI is InChI=1S/C12H20N4O/c1-12(3-5-13-6-4-12)9-15-10-7-14-8-11(16-10)17-2/h7-8,13H,3-6,9H2,1-2H3,(H,15,16). The van der Waals surface area contributed by atoms with Crippen molar-refractivity contribution < 1.29 is 4.74 Å². The van der Waals surface area contributed by atoms with Gasteiger partial charge in [0.2, 0.25) is 5.88 Å². The number of hydrogen-bond acceptors (Lipinski definition) is 5. The Hall–Kier alpha value is -1.36. The van der Waals surface area contributed by atoms with Crippen LogP contribution in [-0.2, 0) is 0 Å². The largest absolute Gasteiger partial charge is 0.480 e. The molecule has 0 spiro atoms. The Balaban J connectivity index is 1.92. The third-order valence-electron chi connectivity index (χ3n) is 3.33. The quantitative estimate of drug-likeness (QED) is 0.825. The van der Waals surface area contributed by atoms with Crippen LogP contribution >= 0.6 is 0 Å². The predicted octanol–water partition coefficient (Wildman–Crippen LogP) is 1.29. The molecule has 1 aromatic rings. The molecule has 1 saturated heterocycles. The van der Waals surface area contributed by atoms with E-state index in [9.17, 15) is 0 Å². The molecule has 1 fully saturated rings. The molecular weight excluding hydrogens is 216 g/mol. The molecule has 1 aliphatic heterocycles. The van der Waals surface area contributed by atoms with Gasteiger partial charge in [-0.25, -0.2) is 0 Å². The summed E-state index contributed by atoms with van der Waals surface area (Å²) in [6, 6.07) is 0. The summed E-state index contributed by atoms with van der Waals surface area (Å²) in [6.07, 6.45) is 5.72. The Morgan fingerprint density at radius 1 is 1.41 bits per heavy atom. The molecule has 0 atom stereocenters. The fourth-order valence-electron chi connectivity index (χ4n) is 2.04. The van der Waals surface area contributed by atoms with Crippen LogP contribution in [0.5, 0.6) is 5.88 Å². The van der Waals surface area contributed by atoms with Crippen molar-refractivity contribution in [1.82, 2.24) is 15.3 Å². The van der Waals surface area contributed by atoms with Gasteiger partial charge in [-0.2, -0.15) is 4.98 Å². The molecule has 0 amide bonds. The van der Waals surface area contributed by atoms with E-state index in [-0.39, 0.29) is 0 Å². The highest BCUT2D eigenvalue weighted by molar-refractivity contribution is 5.33. The molecule has 2 heterocycles. The minimum atomic E-state index is 0.343. The summed E-state index contributed by atoms with van der Waals surface area (Å²) in [6.45, 7) is 5.44. The lowest BCUT2D eigenvalue weighted by molar-refractivity contribution is 0.247. The highest BCUT2D eigenvalue weighted by atomic mass is 16.5. The zero-order valence-corrected chi connectivity index (χ0v) is 10.5. The number of rotatable bonds is 4. The lowest BCUT2D eigenvalue weighted by Crippen LogP contribution is -2.39. The van der Waals surface area contributed by atoms with Gasteiger partial charge >= 0.3 is 0 Å². The molecule has 0 saturated carbocycles. The smallest absolute Gasteiger partial charge is 0.233 e. The zero-order valence-electron chi connectivity index (χ0n) is 10.5. The minimum Gasteiger partial charge on any atom is -0.480 e. The summed E-state index contributed by atoms with van der Waals surface area (Å²) in [4.78, 5) is 8.37. The number of ether oxygens (including phenoxy) is 1. The van der Waals surface area contributed by atoms with Crippen molar-refractivity contribution in [2.24, 2.45) is 5.41 Å². The summed E-state index contributed by atoms with van der Waals surface area (Å²) < 4.78 is 5.05. The van der Waals surface area contributed by atoms with Gasteiger partial charge in [0.05, 0.1) is 19.5 Å². The van der Waals surface area contributed by atoms with E-state index in [4.69, 9.17) is 4.74 Å². The summed E-state index contributed by atoms with van der Waals surface area (Å²) in [5, 5.41) is 6.73. The van der Waals surface area contributed by atoms with Gasteiger partial charge in [0.25, 0.3) is 0 Å². The number of piperidine rings is 1. The van der Waals surface area contributed by atoms with Gasteiger partial charge in [0.15, 0.2) is 0 Å². The molecule has 1 aliphatic rings. The molecule has 5 nitrogen and oxygen atoms in total. The first kappa shape index (κ1) is 12.1. The monoisotopic (exact) mass is 236 g/mol. The molecule has 94 valence electrons. The van der Waals surface area contributed by atoms with E-state index in [2.05, 4.69) is 27.5 Å². The van der Waals surface area contributed by atoms with E-state index in [0.29, 0.717) is 11.3 Å². The Morgan fingerprint density at radius 2 is 2.18 bits per heavy atom. The molecule has 0 radical (unpaired) electrons. The van der Waals surface area contributed by atoms with Gasteiger partial charge in [-0.05, 0) is 31.3 Å². The molecule has 0 aliphatic carbocycles. The van der Waals surface area contributed by atoms with Crippen molar-refractivity contribution in [3.63, 3.8) is 0 Å². The highest BCUT2D eigenvalue weighted by Crippen LogP contribution is 2.27. The van der Waals surface area contributed by atoms with Gasteiger partial charge in [-0.15, -0.1) is 0 Å². The van der Waals surface area contributed by atoms with Gasteiger partial charge in [0, 0.05) is 6.54 Å². The van der Waals surface area contributed by atoms with Crippen LogP contribution in [-0.4, -0.2) is 36.7 Å². The minimum absolute atomic E-state index is 0.343. The Bertz CT molecular complexity index is 363. The van der Waals surface area contributed by atoms with Crippen LogP contribution in [0.2, 0.25) is 0 Å². The number of methoxy groups -OCH3 is 1. The van der Waals surface area contributed by atoms with E-state index in [0.717, 1.165) is 25.5 Å². The molecule has 17 heavy (non-hydrogen) atoms. The van der Waals surface area contributed by atoms with Crippen LogP contribution in [0.3, 0.4) is 0 Å². The maximum absolute atomic E-state index is 5.05. The van der Waals surface area contributed by atoms with Crippen LogP contribution in [0.25, 0.3) is 0 Å². The SMILES string of the molecule is COc1cncc(NCC2(C)CCNCC2)n1. The van der Waals surface area contributed by atoms with Crippen molar-refractivity contribution in [3.05, 3.63) is 12.4 Å². The first-order chi connectivity index (χ1) is 8.22. The first-order valence-corrected chi connectivity index (χ1v) is 6.02. The topological polar surface area (TPSA) is 59.1 Å². The van der Waals surface area contributed by atoms with E-state index >= 15 is 0 Å². The maximum Gasteiger partial charge on any atom is 0.233 e. The van der Waals surface area contributed by atoms with E-state index in [1.165, 1.54) is 12.8 Å². The molecule has 1 aromatic heterocycles. The van der Waals surface area contributed by atoms with E-state index < -0.39 is 0 Å². The summed E-state index contributed by atoms with van der Waals surface area (Å²) in [5.41, 5.74) is 0.343. The Morgan fingerprint density at radius 3 is 2.88 bits per heavy atom. The number of aromatic nitrogens is 2. The van der Waals surface area contributed by atoms with Crippen LogP contribution < -0.4 is 15.4 Å². The fourth-order valence-corrected chi connectivity index (χ4v) is 2.04. The van der Waals surface area contributed by atoms with Gasteiger partial charge in [-0.3, -0.25) is 4.98 Å². The third kappa shape index (κ3) is 3.30. The lowest BCUT2D eigenvalue weighted by atomic mass is 9.81. The van der Waals surface area contributed by atoms with Gasteiger partial charge in [-0.1, -0.05) is 6.92 Å². The average Bonchev–Trinajstić information content (AvgIpc) is 2.38. The van der Waals surface area contributed by atoms with Gasteiger partial charge < -0.3 is 15.4 Å². The molecular formula is C12H20N4O. The van der Waals surface area contributed by atoms with Crippen LogP contribution in [0, 0.1) is 5.41 Å². The normalized spacial score (nSPS) is 18.7. The summed E-state index contributed by atoms with van der Waals surface area (Å²) >= 11 is 0. The van der Waals surface area contributed by atoms with E-state index in [1.54, 1.807) is 19.5 Å². The summed E-state index contributed by atoms with van der Waals surface area (Å²) in [7, 11) is 1.60. The second kappa shape index (κ2) is 5.31. The highest BCUT2D eigenvalue weighted by Gasteiger charge is 2.26. The molecule has 0 unspecified atom stereocenters. The first-order valence-electron chi connectivity index (χ1n) is 6.02. The number of hydrogen-bond donors (Lipinski definition) is 2. The number of nitrogens with zero attached hydrogens (tertiary/aromatic N) is 2. The van der Waals surface area contributed by atoms with Crippen LogP contribution in [0.4, 0.5) is 5.82 Å². The molecule has 2 N–H and O–H groups in total. The lowest BCUT2D eigenvalue weighted by Gasteiger charge is -2.34. The second-order valence-corrected chi connectivity index (χ2v) is 4.86. The molecule has 0 aromatic carbocycles. The van der Waals surface area contributed by atoms with Crippen molar-refractivity contribution >= 4 is 5.82 Å². The predicted molar refractivity (Wildman–Crippen MR) is 67.3 cm³/mol. The zero-order chi connectivity index (χ0) is 12.1. The van der Waals surface area contributed by atoms with Crippen LogP contribution in [0.15, 0.2) is 12.4 Å². The number of anilines is 1. The third-order valence-corrected chi connectivity index (χ3v) is 3.33. The Labute approximate surface area is 102 Å². The fraction of sp³-hybridized carbons (Fsp3) is 0.667. The van der Waals surface area contributed by atoms with Gasteiger partial charge in [0.1, 0.15) is 5.82 Å². The van der Waals surface area contributed by atoms with Crippen molar-refractivity contribution in [3.8, 4) is 5.88 Å². The number of nitrogens with one attached hydrogen (secondary N) is 2. The Kier molecular flexibility index (Phi) is 3.78. The second-order valence-electron chi connectivity index (χ2n) is 4.86. The maximum atomic E-state index is 5.05. The average molecular weight is 236 g/mol. The molecule has 0 bridgehead atoms. The van der Waals surface area contributed by atoms with E-state index in [1.807, 2.05) is 0 Å².